The molecule has 1 aliphatic heterocycles. The van der Waals surface area contributed by atoms with Gasteiger partial charge in [-0.1, -0.05) is 19.4 Å². The van der Waals surface area contributed by atoms with Crippen LogP contribution in [0.15, 0.2) is 23.1 Å². The predicted molar refractivity (Wildman–Crippen MR) is 74.2 cm³/mol. The molecule has 21 heavy (non-hydrogen) atoms. The number of aliphatic hydroxyl groups excluding tert-OH is 1. The fourth-order valence-electron chi connectivity index (χ4n) is 2.73. The lowest BCUT2D eigenvalue weighted by Crippen LogP contribution is -2.49. The first-order chi connectivity index (χ1) is 9.89. The lowest BCUT2D eigenvalue weighted by atomic mass is 9.98. The molecule has 1 aromatic rings. The average Bonchev–Trinajstić information content (AvgIpc) is 2.46. The Kier molecular flexibility index (Phi) is 4.95. The van der Waals surface area contributed by atoms with Crippen LogP contribution in [0.3, 0.4) is 0 Å². The van der Waals surface area contributed by atoms with Crippen molar-refractivity contribution in [3.8, 4) is 0 Å². The van der Waals surface area contributed by atoms with Gasteiger partial charge in [0.05, 0.1) is 12.1 Å². The molecule has 0 amide bonds. The van der Waals surface area contributed by atoms with E-state index >= 15 is 0 Å². The van der Waals surface area contributed by atoms with E-state index in [1.54, 1.807) is 6.92 Å². The minimum absolute atomic E-state index is 0.165. The fourth-order valence-corrected chi connectivity index (χ4v) is 4.57. The predicted octanol–water partition coefficient (Wildman–Crippen LogP) is 2.28. The molecule has 0 spiro atoms. The van der Waals surface area contributed by atoms with E-state index in [1.165, 1.54) is 0 Å². The maximum absolute atomic E-state index is 13.8. The van der Waals surface area contributed by atoms with Crippen molar-refractivity contribution in [3.63, 3.8) is 0 Å². The molecule has 0 aromatic heterocycles. The number of hydrogen-bond acceptors (Lipinski definition) is 3. The summed E-state index contributed by atoms with van der Waals surface area (Å²) in [4.78, 5) is -0.930. The highest BCUT2D eigenvalue weighted by atomic mass is 32.2. The van der Waals surface area contributed by atoms with Crippen LogP contribution >= 0.6 is 0 Å². The van der Waals surface area contributed by atoms with Gasteiger partial charge in [0, 0.05) is 6.54 Å². The van der Waals surface area contributed by atoms with Gasteiger partial charge in [-0.3, -0.25) is 0 Å². The SMILES string of the molecule is CCC(O)C1CCCCN1S(=O)(=O)c1c(F)cccc1F. The molecule has 2 unspecified atom stereocenters. The summed E-state index contributed by atoms with van der Waals surface area (Å²) in [5, 5.41) is 10.0. The summed E-state index contributed by atoms with van der Waals surface area (Å²) in [7, 11) is -4.30. The molecule has 4 nitrogen and oxygen atoms in total. The van der Waals surface area contributed by atoms with Gasteiger partial charge in [0.15, 0.2) is 4.90 Å². The Hall–Kier alpha value is -1.05. The maximum Gasteiger partial charge on any atom is 0.249 e. The summed E-state index contributed by atoms with van der Waals surface area (Å²) < 4.78 is 53.8. The van der Waals surface area contributed by atoms with Gasteiger partial charge >= 0.3 is 0 Å². The molecule has 1 N–H and O–H groups in total. The standard InChI is InChI=1S/C14H19F2NO3S/c1-2-13(18)12-8-3-4-9-17(12)21(19,20)14-10(15)6-5-7-11(14)16/h5-7,12-13,18H,2-4,8-9H2,1H3. The zero-order valence-electron chi connectivity index (χ0n) is 11.8. The molecule has 7 heteroatoms. The molecule has 1 fully saturated rings. The number of piperidine rings is 1. The normalized spacial score (nSPS) is 22.2. The Morgan fingerprint density at radius 1 is 1.33 bits per heavy atom. The minimum Gasteiger partial charge on any atom is -0.391 e. The summed E-state index contributed by atoms with van der Waals surface area (Å²) in [6, 6.07) is 2.34. The van der Waals surface area contributed by atoms with Crippen molar-refractivity contribution in [2.24, 2.45) is 0 Å². The van der Waals surface area contributed by atoms with Crippen molar-refractivity contribution in [3.05, 3.63) is 29.8 Å². The van der Waals surface area contributed by atoms with Crippen molar-refractivity contribution in [1.29, 1.82) is 0 Å². The molecule has 0 saturated carbocycles. The van der Waals surface area contributed by atoms with Crippen molar-refractivity contribution in [1.82, 2.24) is 4.31 Å². The Morgan fingerprint density at radius 2 is 1.95 bits per heavy atom. The summed E-state index contributed by atoms with van der Waals surface area (Å²) in [6.07, 6.45) is 1.44. The Labute approximate surface area is 123 Å². The number of halogens is 2. The molecule has 1 aromatic carbocycles. The van der Waals surface area contributed by atoms with Gasteiger partial charge in [0.1, 0.15) is 11.6 Å². The molecular weight excluding hydrogens is 300 g/mol. The topological polar surface area (TPSA) is 57.6 Å². The van der Waals surface area contributed by atoms with Crippen LogP contribution in [0.1, 0.15) is 32.6 Å². The summed E-state index contributed by atoms with van der Waals surface area (Å²) in [6.45, 7) is 1.91. The van der Waals surface area contributed by atoms with Gasteiger partial charge in [-0.15, -0.1) is 0 Å². The Bertz CT molecular complexity index is 586. The quantitative estimate of drug-likeness (QED) is 0.926. The van der Waals surface area contributed by atoms with Gasteiger partial charge in [-0.2, -0.15) is 4.31 Å². The van der Waals surface area contributed by atoms with Crippen LogP contribution in [0.25, 0.3) is 0 Å². The molecule has 1 heterocycles. The van der Waals surface area contributed by atoms with E-state index in [9.17, 15) is 22.3 Å². The smallest absolute Gasteiger partial charge is 0.249 e. The lowest BCUT2D eigenvalue weighted by Gasteiger charge is -2.37. The van der Waals surface area contributed by atoms with Crippen LogP contribution in [0.5, 0.6) is 0 Å². The highest BCUT2D eigenvalue weighted by molar-refractivity contribution is 7.89. The first-order valence-electron chi connectivity index (χ1n) is 7.03. The number of nitrogens with zero attached hydrogens (tertiary/aromatic N) is 1. The second kappa shape index (κ2) is 6.37. The van der Waals surface area contributed by atoms with Crippen molar-refractivity contribution in [2.75, 3.05) is 6.54 Å². The minimum atomic E-state index is -4.30. The molecular formula is C14H19F2NO3S. The Morgan fingerprint density at radius 3 is 2.52 bits per heavy atom. The number of hydrogen-bond donors (Lipinski definition) is 1. The van der Waals surface area contributed by atoms with Crippen LogP contribution in [-0.2, 0) is 10.0 Å². The maximum atomic E-state index is 13.8. The van der Waals surface area contributed by atoms with E-state index in [0.29, 0.717) is 19.3 Å². The number of rotatable bonds is 4. The van der Waals surface area contributed by atoms with Crippen molar-refractivity contribution >= 4 is 10.0 Å². The fraction of sp³-hybridized carbons (Fsp3) is 0.571. The highest BCUT2D eigenvalue weighted by Crippen LogP contribution is 2.30. The van der Waals surface area contributed by atoms with Gasteiger partial charge in [0.25, 0.3) is 0 Å². The summed E-state index contributed by atoms with van der Waals surface area (Å²) >= 11 is 0. The largest absolute Gasteiger partial charge is 0.391 e. The van der Waals surface area contributed by atoms with Crippen LogP contribution in [-0.4, -0.2) is 36.5 Å². The second-order valence-corrected chi connectivity index (χ2v) is 7.03. The zero-order chi connectivity index (χ0) is 15.6. The second-order valence-electron chi connectivity index (χ2n) is 5.21. The van der Waals surface area contributed by atoms with Crippen LogP contribution in [0.2, 0.25) is 0 Å². The highest BCUT2D eigenvalue weighted by Gasteiger charge is 2.39. The first-order valence-corrected chi connectivity index (χ1v) is 8.47. The molecule has 1 aliphatic rings. The van der Waals surface area contributed by atoms with Gasteiger partial charge in [0.2, 0.25) is 10.0 Å². The third-order valence-electron chi connectivity index (χ3n) is 3.85. The molecule has 0 radical (unpaired) electrons. The van der Waals surface area contributed by atoms with Crippen LogP contribution in [0.4, 0.5) is 8.78 Å². The van der Waals surface area contributed by atoms with E-state index < -0.39 is 38.7 Å². The zero-order valence-corrected chi connectivity index (χ0v) is 12.6. The average molecular weight is 319 g/mol. The Balaban J connectivity index is 2.46. The summed E-state index contributed by atoms with van der Waals surface area (Å²) in [5.74, 6) is -2.21. The van der Waals surface area contributed by atoms with Crippen molar-refractivity contribution in [2.45, 2.75) is 49.6 Å². The van der Waals surface area contributed by atoms with E-state index in [-0.39, 0.29) is 6.54 Å². The molecule has 118 valence electrons. The van der Waals surface area contributed by atoms with Gasteiger partial charge in [-0.05, 0) is 31.4 Å². The van der Waals surface area contributed by atoms with E-state index in [0.717, 1.165) is 28.9 Å². The number of aliphatic hydroxyl groups is 1. The molecule has 0 bridgehead atoms. The molecule has 2 atom stereocenters. The lowest BCUT2D eigenvalue weighted by molar-refractivity contribution is 0.0665. The van der Waals surface area contributed by atoms with Gasteiger partial charge in [-0.25, -0.2) is 17.2 Å². The third-order valence-corrected chi connectivity index (χ3v) is 5.82. The van der Waals surface area contributed by atoms with Crippen LogP contribution < -0.4 is 0 Å². The van der Waals surface area contributed by atoms with Crippen LogP contribution in [0, 0.1) is 11.6 Å². The number of sulfonamides is 1. The van der Waals surface area contributed by atoms with E-state index in [1.807, 2.05) is 0 Å². The van der Waals surface area contributed by atoms with Crippen molar-refractivity contribution < 1.29 is 22.3 Å². The first kappa shape index (κ1) is 16.3. The molecule has 1 saturated heterocycles. The van der Waals surface area contributed by atoms with E-state index in [4.69, 9.17) is 0 Å². The number of benzene rings is 1. The summed E-state index contributed by atoms with van der Waals surface area (Å²) in [5.41, 5.74) is 0. The monoisotopic (exact) mass is 319 g/mol. The third kappa shape index (κ3) is 3.09. The van der Waals surface area contributed by atoms with E-state index in [2.05, 4.69) is 0 Å². The van der Waals surface area contributed by atoms with Gasteiger partial charge < -0.3 is 5.11 Å². The molecule has 2 rings (SSSR count). The molecule has 0 aliphatic carbocycles.